The number of thioether (sulfide) groups is 1. The highest BCUT2D eigenvalue weighted by Gasteiger charge is 2.11. The Balaban J connectivity index is 3.09. The maximum Gasteiger partial charge on any atom is 0.341 e. The molecule has 0 amide bonds. The smallest absolute Gasteiger partial charge is 0.341 e. The molecule has 1 N–H and O–H groups in total. The molecule has 5 heteroatoms. The summed E-state index contributed by atoms with van der Waals surface area (Å²) in [4.78, 5) is 11.7. The quantitative estimate of drug-likeness (QED) is 0.456. The third-order valence-electron chi connectivity index (χ3n) is 1.54. The van der Waals surface area contributed by atoms with Crippen LogP contribution in [0.3, 0.4) is 0 Å². The predicted molar refractivity (Wildman–Crippen MR) is 50.9 cm³/mol. The van der Waals surface area contributed by atoms with Gasteiger partial charge in [0.1, 0.15) is 16.7 Å². The van der Waals surface area contributed by atoms with E-state index >= 15 is 0 Å². The van der Waals surface area contributed by atoms with Crippen molar-refractivity contribution in [3.05, 3.63) is 23.8 Å². The zero-order valence-electron chi connectivity index (χ0n) is 7.35. The van der Waals surface area contributed by atoms with Gasteiger partial charge in [0.25, 0.3) is 0 Å². The summed E-state index contributed by atoms with van der Waals surface area (Å²) in [5.41, 5.74) is 0.0627. The first kappa shape index (κ1) is 10.4. The monoisotopic (exact) mass is 209 g/mol. The lowest BCUT2D eigenvalue weighted by Gasteiger charge is -2.03. The van der Waals surface area contributed by atoms with Gasteiger partial charge in [-0.3, -0.25) is 0 Å². The molecule has 1 aromatic rings. The number of ether oxygens (including phenoxy) is 1. The van der Waals surface area contributed by atoms with Crippen LogP contribution < -0.4 is 0 Å². The van der Waals surface area contributed by atoms with Gasteiger partial charge in [-0.25, -0.2) is 4.79 Å². The van der Waals surface area contributed by atoms with Crippen LogP contribution in [0.4, 0.5) is 0 Å². The van der Waals surface area contributed by atoms with Gasteiger partial charge in [0.2, 0.25) is 0 Å². The molecule has 0 radical (unpaired) electrons. The van der Waals surface area contributed by atoms with Gasteiger partial charge in [0, 0.05) is 4.90 Å². The van der Waals surface area contributed by atoms with E-state index in [4.69, 9.17) is 5.26 Å². The fraction of sp³-hybridized carbons (Fsp3) is 0.111. The number of hydrogen-bond acceptors (Lipinski definition) is 5. The van der Waals surface area contributed by atoms with Gasteiger partial charge in [-0.05, 0) is 30.0 Å². The number of nitriles is 1. The number of esters is 1. The van der Waals surface area contributed by atoms with E-state index < -0.39 is 5.97 Å². The van der Waals surface area contributed by atoms with Gasteiger partial charge >= 0.3 is 5.97 Å². The molecular weight excluding hydrogens is 202 g/mol. The van der Waals surface area contributed by atoms with Crippen LogP contribution in [-0.2, 0) is 4.74 Å². The molecule has 0 aliphatic carbocycles. The van der Waals surface area contributed by atoms with E-state index in [1.54, 1.807) is 6.07 Å². The molecule has 0 spiro atoms. The topological polar surface area (TPSA) is 70.3 Å². The van der Waals surface area contributed by atoms with Crippen molar-refractivity contribution < 1.29 is 14.6 Å². The third kappa shape index (κ3) is 2.18. The first-order valence-corrected chi connectivity index (χ1v) is 4.48. The zero-order chi connectivity index (χ0) is 10.6. The van der Waals surface area contributed by atoms with E-state index in [1.807, 2.05) is 5.40 Å². The van der Waals surface area contributed by atoms with Crippen LogP contribution >= 0.6 is 11.8 Å². The standard InChI is InChI=1S/C9H7NO3S/c1-13-9(12)7-4-6(14-5-10)2-3-8(7)11/h2-4,11H,1H3. The van der Waals surface area contributed by atoms with E-state index in [9.17, 15) is 9.90 Å². The largest absolute Gasteiger partial charge is 0.507 e. The van der Waals surface area contributed by atoms with E-state index in [1.165, 1.54) is 19.2 Å². The molecule has 0 heterocycles. The maximum absolute atomic E-state index is 11.1. The number of rotatable bonds is 2. The highest BCUT2D eigenvalue weighted by atomic mass is 32.2. The second-order valence-electron chi connectivity index (χ2n) is 2.36. The summed E-state index contributed by atoms with van der Waals surface area (Å²) >= 11 is 0.913. The normalized spacial score (nSPS) is 9.14. The van der Waals surface area contributed by atoms with Crippen LogP contribution in [0.2, 0.25) is 0 Å². The number of methoxy groups -OCH3 is 1. The Morgan fingerprint density at radius 3 is 2.93 bits per heavy atom. The number of thiocyanates is 1. The Kier molecular flexibility index (Phi) is 3.37. The number of aromatic hydroxyl groups is 1. The summed E-state index contributed by atoms with van der Waals surface area (Å²) in [5.74, 6) is -0.776. The Morgan fingerprint density at radius 1 is 1.64 bits per heavy atom. The molecule has 0 aliphatic heterocycles. The van der Waals surface area contributed by atoms with E-state index in [-0.39, 0.29) is 11.3 Å². The molecular formula is C9H7NO3S. The molecule has 1 rings (SSSR count). The van der Waals surface area contributed by atoms with Crippen LogP contribution in [0.15, 0.2) is 23.1 Å². The fourth-order valence-electron chi connectivity index (χ4n) is 0.905. The molecule has 0 bridgehead atoms. The first-order chi connectivity index (χ1) is 6.69. The van der Waals surface area contributed by atoms with E-state index in [0.717, 1.165) is 11.8 Å². The van der Waals surface area contributed by atoms with E-state index in [0.29, 0.717) is 4.90 Å². The second-order valence-corrected chi connectivity index (χ2v) is 3.22. The average Bonchev–Trinajstić information content (AvgIpc) is 2.20. The molecule has 4 nitrogen and oxygen atoms in total. The summed E-state index contributed by atoms with van der Waals surface area (Å²) in [5, 5.41) is 19.6. The minimum absolute atomic E-state index is 0.0627. The number of carbonyl (C=O) groups is 1. The minimum Gasteiger partial charge on any atom is -0.507 e. The van der Waals surface area contributed by atoms with Crippen molar-refractivity contribution in [1.29, 1.82) is 5.26 Å². The summed E-state index contributed by atoms with van der Waals surface area (Å²) in [7, 11) is 1.23. The van der Waals surface area contributed by atoms with Crippen molar-refractivity contribution in [2.24, 2.45) is 0 Å². The maximum atomic E-state index is 11.1. The van der Waals surface area contributed by atoms with Crippen molar-refractivity contribution in [3.8, 4) is 11.2 Å². The second kappa shape index (κ2) is 4.53. The van der Waals surface area contributed by atoms with E-state index in [2.05, 4.69) is 4.74 Å². The van der Waals surface area contributed by atoms with Crippen molar-refractivity contribution in [2.45, 2.75) is 4.90 Å². The molecule has 0 aliphatic rings. The van der Waals surface area contributed by atoms with Gasteiger partial charge in [0.15, 0.2) is 0 Å². The number of benzene rings is 1. The van der Waals surface area contributed by atoms with Crippen LogP contribution in [0.1, 0.15) is 10.4 Å². The van der Waals surface area contributed by atoms with Crippen molar-refractivity contribution in [2.75, 3.05) is 7.11 Å². The lowest BCUT2D eigenvalue weighted by atomic mass is 10.2. The molecule has 0 saturated carbocycles. The minimum atomic E-state index is -0.622. The molecule has 1 aromatic carbocycles. The molecule has 0 saturated heterocycles. The molecule has 0 fully saturated rings. The lowest BCUT2D eigenvalue weighted by molar-refractivity contribution is 0.0597. The first-order valence-electron chi connectivity index (χ1n) is 3.66. The number of phenols is 1. The molecule has 0 unspecified atom stereocenters. The van der Waals surface area contributed by atoms with Crippen molar-refractivity contribution >= 4 is 17.7 Å². The van der Waals surface area contributed by atoms with Crippen LogP contribution in [0.5, 0.6) is 5.75 Å². The van der Waals surface area contributed by atoms with Crippen LogP contribution in [0.25, 0.3) is 0 Å². The Labute approximate surface area is 85.1 Å². The SMILES string of the molecule is COC(=O)c1cc(SC#N)ccc1O. The van der Waals surface area contributed by atoms with Crippen molar-refractivity contribution in [1.82, 2.24) is 0 Å². The van der Waals surface area contributed by atoms with Gasteiger partial charge in [-0.15, -0.1) is 0 Å². The molecule has 0 aromatic heterocycles. The summed E-state index contributed by atoms with van der Waals surface area (Å²) in [6.07, 6.45) is 0. The Hall–Kier alpha value is -1.67. The molecule has 0 atom stereocenters. The highest BCUT2D eigenvalue weighted by molar-refractivity contribution is 8.03. The zero-order valence-corrected chi connectivity index (χ0v) is 8.17. The molecule has 72 valence electrons. The highest BCUT2D eigenvalue weighted by Crippen LogP contribution is 2.24. The number of hydrogen-bond donors (Lipinski definition) is 1. The average molecular weight is 209 g/mol. The van der Waals surface area contributed by atoms with Gasteiger partial charge in [-0.2, -0.15) is 5.26 Å². The molecule has 14 heavy (non-hydrogen) atoms. The number of phenolic OH excluding ortho intramolecular Hbond substituents is 1. The van der Waals surface area contributed by atoms with Crippen LogP contribution in [0, 0.1) is 10.7 Å². The predicted octanol–water partition coefficient (Wildman–Crippen LogP) is 1.75. The van der Waals surface area contributed by atoms with Gasteiger partial charge in [0.05, 0.1) is 7.11 Å². The summed E-state index contributed by atoms with van der Waals surface area (Å²) < 4.78 is 4.46. The van der Waals surface area contributed by atoms with Gasteiger partial charge < -0.3 is 9.84 Å². The van der Waals surface area contributed by atoms with Crippen molar-refractivity contribution in [3.63, 3.8) is 0 Å². The Morgan fingerprint density at radius 2 is 2.36 bits per heavy atom. The number of carbonyl (C=O) groups excluding carboxylic acids is 1. The number of nitrogens with zero attached hydrogens (tertiary/aromatic N) is 1. The summed E-state index contributed by atoms with van der Waals surface area (Å²) in [6, 6.07) is 4.32. The lowest BCUT2D eigenvalue weighted by Crippen LogP contribution is -2.01. The third-order valence-corrected chi connectivity index (χ3v) is 2.12. The fourth-order valence-corrected chi connectivity index (χ4v) is 1.32. The summed E-state index contributed by atoms with van der Waals surface area (Å²) in [6.45, 7) is 0. The Bertz CT molecular complexity index is 398. The van der Waals surface area contributed by atoms with Crippen LogP contribution in [-0.4, -0.2) is 18.2 Å². The van der Waals surface area contributed by atoms with Gasteiger partial charge in [-0.1, -0.05) is 0 Å².